The molecule has 108 valence electrons. The lowest BCUT2D eigenvalue weighted by atomic mass is 10.1. The maximum atomic E-state index is 10.6. The van der Waals surface area contributed by atoms with Gasteiger partial charge >= 0.3 is 0 Å². The van der Waals surface area contributed by atoms with Gasteiger partial charge in [0.25, 0.3) is 0 Å². The minimum atomic E-state index is 0.311. The minimum absolute atomic E-state index is 0.311. The van der Waals surface area contributed by atoms with Gasteiger partial charge in [-0.3, -0.25) is 0 Å². The smallest absolute Gasteiger partial charge is 0.133 e. The highest BCUT2D eigenvalue weighted by Gasteiger charge is 2.13. The van der Waals surface area contributed by atoms with E-state index in [0.29, 0.717) is 5.75 Å². The predicted octanol–water partition coefficient (Wildman–Crippen LogP) is 5.44. The summed E-state index contributed by atoms with van der Waals surface area (Å²) in [6.45, 7) is 4.21. The van der Waals surface area contributed by atoms with Crippen LogP contribution in [0.2, 0.25) is 0 Å². The van der Waals surface area contributed by atoms with Gasteiger partial charge in [0.05, 0.1) is 15.8 Å². The van der Waals surface area contributed by atoms with Gasteiger partial charge in [-0.2, -0.15) is 0 Å². The number of fused-ring (bicyclic) bond motifs is 2. The van der Waals surface area contributed by atoms with Crippen molar-refractivity contribution >= 4 is 32.3 Å². The average molecular weight is 305 g/mol. The molecule has 4 aromatic rings. The van der Waals surface area contributed by atoms with Crippen molar-refractivity contribution in [2.45, 2.75) is 13.8 Å². The summed E-state index contributed by atoms with van der Waals surface area (Å²) in [6, 6.07) is 16.1. The molecule has 0 saturated carbocycles. The fourth-order valence-electron chi connectivity index (χ4n) is 2.72. The molecule has 0 bridgehead atoms. The lowest BCUT2D eigenvalue weighted by Crippen LogP contribution is -1.81. The van der Waals surface area contributed by atoms with E-state index in [1.807, 2.05) is 36.4 Å². The molecule has 0 unspecified atom stereocenters. The molecule has 0 atom stereocenters. The molecule has 0 amide bonds. The molecule has 0 radical (unpaired) electrons. The Morgan fingerprint density at radius 3 is 2.59 bits per heavy atom. The minimum Gasteiger partial charge on any atom is -0.507 e. The molecule has 3 heteroatoms. The zero-order valence-electron chi connectivity index (χ0n) is 12.4. The quantitative estimate of drug-likeness (QED) is 0.508. The Kier molecular flexibility index (Phi) is 2.91. The Hall–Kier alpha value is -2.39. The van der Waals surface area contributed by atoms with Crippen LogP contribution in [0.15, 0.2) is 48.5 Å². The number of phenolic OH excluding ortho intramolecular Hbond substituents is 1. The molecule has 0 aliphatic rings. The van der Waals surface area contributed by atoms with Crippen LogP contribution in [0.5, 0.6) is 5.75 Å². The lowest BCUT2D eigenvalue weighted by molar-refractivity contribution is 0.483. The van der Waals surface area contributed by atoms with Gasteiger partial charge in [-0.25, -0.2) is 4.98 Å². The van der Waals surface area contributed by atoms with E-state index in [1.54, 1.807) is 11.3 Å². The summed E-state index contributed by atoms with van der Waals surface area (Å²) in [6.07, 6.45) is 0. The molecule has 4 rings (SSSR count). The Balaban J connectivity index is 1.97. The molecule has 1 aromatic heterocycles. The van der Waals surface area contributed by atoms with Crippen molar-refractivity contribution in [3.63, 3.8) is 0 Å². The van der Waals surface area contributed by atoms with Gasteiger partial charge in [0.2, 0.25) is 0 Å². The number of aromatic nitrogens is 1. The molecule has 1 N–H and O–H groups in total. The summed E-state index contributed by atoms with van der Waals surface area (Å²) in [5, 5.41) is 13.4. The highest BCUT2D eigenvalue weighted by molar-refractivity contribution is 7.21. The highest BCUT2D eigenvalue weighted by atomic mass is 32.1. The van der Waals surface area contributed by atoms with Gasteiger partial charge in [-0.05, 0) is 48.6 Å². The van der Waals surface area contributed by atoms with Crippen molar-refractivity contribution in [3.8, 4) is 16.3 Å². The maximum absolute atomic E-state index is 10.6. The molecule has 0 saturated heterocycles. The monoisotopic (exact) mass is 305 g/mol. The van der Waals surface area contributed by atoms with E-state index in [1.165, 1.54) is 11.1 Å². The molecular formula is C19H15NOS. The summed E-state index contributed by atoms with van der Waals surface area (Å²) in [5.41, 5.74) is 4.31. The summed E-state index contributed by atoms with van der Waals surface area (Å²) in [7, 11) is 0. The number of benzene rings is 3. The van der Waals surface area contributed by atoms with Crippen molar-refractivity contribution in [2.24, 2.45) is 0 Å². The standard InChI is InChI=1S/C19H15NOS/c1-11-9-16-17(10-12(11)2)22-19(20-16)15-8-7-13-5-3-4-6-14(13)18(15)21/h3-10,21H,1-2H3. The molecular weight excluding hydrogens is 290 g/mol. The van der Waals surface area contributed by atoms with Crippen LogP contribution in [0.3, 0.4) is 0 Å². The Morgan fingerprint density at radius 2 is 1.73 bits per heavy atom. The number of hydrogen-bond donors (Lipinski definition) is 1. The molecule has 1 heterocycles. The second-order valence-corrected chi connectivity index (χ2v) is 6.64. The van der Waals surface area contributed by atoms with Crippen molar-refractivity contribution in [2.75, 3.05) is 0 Å². The molecule has 2 nitrogen and oxygen atoms in total. The van der Waals surface area contributed by atoms with E-state index in [2.05, 4.69) is 26.0 Å². The molecule has 0 aliphatic heterocycles. The molecule has 0 fully saturated rings. The SMILES string of the molecule is Cc1cc2nc(-c3ccc4ccccc4c3O)sc2cc1C. The van der Waals surface area contributed by atoms with Crippen LogP contribution in [0.4, 0.5) is 0 Å². The van der Waals surface area contributed by atoms with E-state index in [4.69, 9.17) is 4.98 Å². The summed E-state index contributed by atoms with van der Waals surface area (Å²) < 4.78 is 1.16. The number of nitrogens with zero attached hydrogens (tertiary/aromatic N) is 1. The third-order valence-electron chi connectivity index (χ3n) is 4.13. The third-order valence-corrected chi connectivity index (χ3v) is 5.19. The first-order valence-electron chi connectivity index (χ1n) is 7.22. The number of rotatable bonds is 1. The lowest BCUT2D eigenvalue weighted by Gasteiger charge is -2.05. The predicted molar refractivity (Wildman–Crippen MR) is 93.7 cm³/mol. The third kappa shape index (κ3) is 1.97. The number of hydrogen-bond acceptors (Lipinski definition) is 3. The molecule has 22 heavy (non-hydrogen) atoms. The Morgan fingerprint density at radius 1 is 0.955 bits per heavy atom. The van der Waals surface area contributed by atoms with E-state index in [-0.39, 0.29) is 0 Å². The van der Waals surface area contributed by atoms with Crippen LogP contribution < -0.4 is 0 Å². The second-order valence-electron chi connectivity index (χ2n) is 5.61. The fourth-order valence-corrected chi connectivity index (χ4v) is 3.79. The van der Waals surface area contributed by atoms with Crippen molar-refractivity contribution < 1.29 is 5.11 Å². The van der Waals surface area contributed by atoms with Gasteiger partial charge in [-0.1, -0.05) is 30.3 Å². The van der Waals surface area contributed by atoms with E-state index in [9.17, 15) is 5.11 Å². The maximum Gasteiger partial charge on any atom is 0.133 e. The normalized spacial score (nSPS) is 11.4. The highest BCUT2D eigenvalue weighted by Crippen LogP contribution is 2.39. The molecule has 0 spiro atoms. The van der Waals surface area contributed by atoms with Gasteiger partial charge in [-0.15, -0.1) is 11.3 Å². The van der Waals surface area contributed by atoms with Gasteiger partial charge < -0.3 is 5.11 Å². The van der Waals surface area contributed by atoms with Crippen LogP contribution in [0, 0.1) is 13.8 Å². The van der Waals surface area contributed by atoms with Crippen molar-refractivity contribution in [1.82, 2.24) is 4.98 Å². The first-order valence-corrected chi connectivity index (χ1v) is 8.04. The van der Waals surface area contributed by atoms with E-state index >= 15 is 0 Å². The number of aromatic hydroxyl groups is 1. The van der Waals surface area contributed by atoms with Gasteiger partial charge in [0.15, 0.2) is 0 Å². The molecule has 0 aliphatic carbocycles. The zero-order valence-corrected chi connectivity index (χ0v) is 13.2. The van der Waals surface area contributed by atoms with Gasteiger partial charge in [0, 0.05) is 5.39 Å². The number of phenols is 1. The van der Waals surface area contributed by atoms with E-state index < -0.39 is 0 Å². The Labute approximate surface area is 132 Å². The fraction of sp³-hybridized carbons (Fsp3) is 0.105. The van der Waals surface area contributed by atoms with Crippen molar-refractivity contribution in [1.29, 1.82) is 0 Å². The number of thiazole rings is 1. The first-order chi connectivity index (χ1) is 10.6. The van der Waals surface area contributed by atoms with Crippen LogP contribution >= 0.6 is 11.3 Å². The second kappa shape index (κ2) is 4.82. The van der Waals surface area contributed by atoms with E-state index in [0.717, 1.165) is 31.6 Å². The van der Waals surface area contributed by atoms with Crippen LogP contribution in [-0.2, 0) is 0 Å². The van der Waals surface area contributed by atoms with Crippen LogP contribution in [0.25, 0.3) is 31.6 Å². The summed E-state index contributed by atoms with van der Waals surface area (Å²) in [5.74, 6) is 0.311. The summed E-state index contributed by atoms with van der Waals surface area (Å²) >= 11 is 1.62. The van der Waals surface area contributed by atoms with Crippen molar-refractivity contribution in [3.05, 3.63) is 59.7 Å². The average Bonchev–Trinajstić information content (AvgIpc) is 2.91. The largest absolute Gasteiger partial charge is 0.507 e. The zero-order chi connectivity index (χ0) is 15.3. The van der Waals surface area contributed by atoms with Gasteiger partial charge in [0.1, 0.15) is 10.8 Å². The van der Waals surface area contributed by atoms with Crippen LogP contribution in [-0.4, -0.2) is 10.1 Å². The molecule has 3 aromatic carbocycles. The van der Waals surface area contributed by atoms with Crippen LogP contribution in [0.1, 0.15) is 11.1 Å². The Bertz CT molecular complexity index is 978. The summed E-state index contributed by atoms with van der Waals surface area (Å²) in [4.78, 5) is 4.71. The topological polar surface area (TPSA) is 33.1 Å². The first kappa shape index (κ1) is 13.3. The number of aryl methyl sites for hydroxylation is 2.